The van der Waals surface area contributed by atoms with E-state index in [0.717, 1.165) is 16.7 Å². The van der Waals surface area contributed by atoms with E-state index in [-0.39, 0.29) is 24.1 Å². The maximum Gasteiger partial charge on any atom is 0.224 e. The lowest BCUT2D eigenvalue weighted by Gasteiger charge is -2.35. The third kappa shape index (κ3) is 2.56. The monoisotopic (exact) mass is 422 g/mol. The van der Waals surface area contributed by atoms with Crippen molar-refractivity contribution >= 4 is 17.2 Å². The van der Waals surface area contributed by atoms with E-state index in [2.05, 4.69) is 33.0 Å². The summed E-state index contributed by atoms with van der Waals surface area (Å²) < 4.78 is 9.72. The highest BCUT2D eigenvalue weighted by Crippen LogP contribution is 2.46. The number of nitrogens with one attached hydrogen (secondary N) is 2. The molecule has 6 rings (SSSR count). The van der Waals surface area contributed by atoms with E-state index in [1.807, 2.05) is 48.4 Å². The van der Waals surface area contributed by atoms with Gasteiger partial charge in [-0.25, -0.2) is 19.9 Å². The van der Waals surface area contributed by atoms with Crippen LogP contribution in [0.15, 0.2) is 43.0 Å². The molecular weight excluding hydrogens is 404 g/mol. The van der Waals surface area contributed by atoms with Gasteiger partial charge >= 0.3 is 0 Å². The van der Waals surface area contributed by atoms with Crippen molar-refractivity contribution in [3.63, 3.8) is 0 Å². The number of aryl methyl sites for hydroxylation is 1. The van der Waals surface area contributed by atoms with Gasteiger partial charge in [-0.3, -0.25) is 10.1 Å². The third-order valence-corrected chi connectivity index (χ3v) is 6.23. The molecule has 4 unspecified atom stereocenters. The predicted octanol–water partition coefficient (Wildman–Crippen LogP) is 2.14. The van der Waals surface area contributed by atoms with Crippen LogP contribution in [0.2, 0.25) is 5.02 Å². The van der Waals surface area contributed by atoms with Crippen molar-refractivity contribution in [2.24, 2.45) is 13.0 Å². The topological polar surface area (TPSA) is 94.2 Å². The van der Waals surface area contributed by atoms with Gasteiger partial charge < -0.3 is 4.74 Å². The van der Waals surface area contributed by atoms with Gasteiger partial charge in [0.05, 0.1) is 16.8 Å². The minimum Gasteiger partial charge on any atom is -0.457 e. The van der Waals surface area contributed by atoms with Gasteiger partial charge in [0.2, 0.25) is 5.88 Å². The molecule has 2 aliphatic rings. The zero-order valence-electron chi connectivity index (χ0n) is 16.3. The van der Waals surface area contributed by atoms with E-state index < -0.39 is 0 Å². The second-order valence-corrected chi connectivity index (χ2v) is 8.17. The molecule has 0 spiro atoms. The minimum absolute atomic E-state index is 0.00977. The van der Waals surface area contributed by atoms with E-state index in [4.69, 9.17) is 21.3 Å². The Kier molecular flexibility index (Phi) is 3.86. The SMILES string of the molecule is CC1NNC2Oc3ncn4nc(-c5ccccc5Cl)nc4c3C(c3cnn(C)c3)C12. The molecule has 0 saturated carbocycles. The van der Waals surface area contributed by atoms with Crippen LogP contribution in [0, 0.1) is 5.92 Å². The molecule has 0 radical (unpaired) electrons. The maximum atomic E-state index is 6.39. The van der Waals surface area contributed by atoms with Gasteiger partial charge in [0.25, 0.3) is 0 Å². The second kappa shape index (κ2) is 6.49. The van der Waals surface area contributed by atoms with Gasteiger partial charge in [-0.15, -0.1) is 5.10 Å². The molecule has 4 aromatic rings. The quantitative estimate of drug-likeness (QED) is 0.511. The van der Waals surface area contributed by atoms with E-state index in [1.165, 1.54) is 0 Å². The Hall–Kier alpha value is -3.01. The molecule has 0 amide bonds. The lowest BCUT2D eigenvalue weighted by atomic mass is 9.77. The average Bonchev–Trinajstić information content (AvgIpc) is 3.45. The molecule has 5 heterocycles. The Labute approximate surface area is 177 Å². The van der Waals surface area contributed by atoms with Crippen molar-refractivity contribution in [3.05, 3.63) is 59.1 Å². The summed E-state index contributed by atoms with van der Waals surface area (Å²) in [5.74, 6) is 1.23. The summed E-state index contributed by atoms with van der Waals surface area (Å²) >= 11 is 6.39. The molecule has 1 fully saturated rings. The van der Waals surface area contributed by atoms with Gasteiger partial charge in [0.15, 0.2) is 17.7 Å². The molecule has 152 valence electrons. The molecule has 1 saturated heterocycles. The molecule has 30 heavy (non-hydrogen) atoms. The van der Waals surface area contributed by atoms with E-state index in [1.54, 1.807) is 10.8 Å². The van der Waals surface area contributed by atoms with Gasteiger partial charge in [-0.05, 0) is 24.6 Å². The number of nitrogens with zero attached hydrogens (tertiary/aromatic N) is 6. The molecule has 0 bridgehead atoms. The highest BCUT2D eigenvalue weighted by atomic mass is 35.5. The van der Waals surface area contributed by atoms with Gasteiger partial charge in [0.1, 0.15) is 6.33 Å². The summed E-state index contributed by atoms with van der Waals surface area (Å²) in [7, 11) is 1.92. The number of aromatic nitrogens is 6. The summed E-state index contributed by atoms with van der Waals surface area (Å²) in [6.45, 7) is 2.14. The standard InChI is InChI=1S/C20H19ClN8O/c1-10-14-15(11-7-23-28(2)8-11)16-18-24-17(12-5-3-4-6-13(12)21)27-29(18)9-22-19(16)30-20(14)26-25-10/h3-10,14-15,20,25-26H,1-2H3. The Morgan fingerprint density at radius 2 is 2.07 bits per heavy atom. The Morgan fingerprint density at radius 3 is 2.87 bits per heavy atom. The summed E-state index contributed by atoms with van der Waals surface area (Å²) in [5.41, 5.74) is 10.0. The van der Waals surface area contributed by atoms with Crippen LogP contribution in [0.25, 0.3) is 17.0 Å². The van der Waals surface area contributed by atoms with Crippen molar-refractivity contribution in [1.29, 1.82) is 0 Å². The first kappa shape index (κ1) is 17.8. The summed E-state index contributed by atoms with van der Waals surface area (Å²) in [5, 5.41) is 9.65. The molecule has 10 heteroatoms. The van der Waals surface area contributed by atoms with Crippen molar-refractivity contribution in [1.82, 2.24) is 40.2 Å². The van der Waals surface area contributed by atoms with Crippen LogP contribution in [-0.2, 0) is 7.05 Å². The molecular formula is C20H19ClN8O. The Balaban J connectivity index is 1.59. The fourth-order valence-corrected chi connectivity index (χ4v) is 4.74. The van der Waals surface area contributed by atoms with Crippen molar-refractivity contribution in [2.75, 3.05) is 0 Å². The van der Waals surface area contributed by atoms with Crippen molar-refractivity contribution in [3.8, 4) is 17.3 Å². The normalized spacial score (nSPS) is 25.2. The molecule has 4 atom stereocenters. The van der Waals surface area contributed by atoms with Crippen molar-refractivity contribution < 1.29 is 4.74 Å². The zero-order valence-corrected chi connectivity index (χ0v) is 17.1. The van der Waals surface area contributed by atoms with Crippen LogP contribution in [0.1, 0.15) is 24.0 Å². The first-order valence-corrected chi connectivity index (χ1v) is 10.1. The van der Waals surface area contributed by atoms with Gasteiger partial charge in [-0.2, -0.15) is 5.10 Å². The number of benzene rings is 1. The number of ether oxygens (including phenoxy) is 1. The minimum atomic E-state index is -0.196. The fourth-order valence-electron chi connectivity index (χ4n) is 4.52. The van der Waals surface area contributed by atoms with Crippen LogP contribution in [0.5, 0.6) is 5.88 Å². The second-order valence-electron chi connectivity index (χ2n) is 7.76. The highest BCUT2D eigenvalue weighted by molar-refractivity contribution is 6.33. The number of hydrazine groups is 1. The van der Waals surface area contributed by atoms with Crippen LogP contribution in [0.3, 0.4) is 0 Å². The van der Waals surface area contributed by atoms with Crippen molar-refractivity contribution in [2.45, 2.75) is 25.1 Å². The molecule has 3 aromatic heterocycles. The first-order chi connectivity index (χ1) is 14.6. The Bertz CT molecular complexity index is 1270. The summed E-state index contributed by atoms with van der Waals surface area (Å²) in [6, 6.07) is 7.73. The first-order valence-electron chi connectivity index (χ1n) is 9.76. The highest BCUT2D eigenvalue weighted by Gasteiger charge is 2.48. The molecule has 0 aliphatic carbocycles. The third-order valence-electron chi connectivity index (χ3n) is 5.90. The van der Waals surface area contributed by atoms with Crippen LogP contribution in [0.4, 0.5) is 0 Å². The molecule has 1 aromatic carbocycles. The molecule has 2 N–H and O–H groups in total. The zero-order chi connectivity index (χ0) is 20.4. The van der Waals surface area contributed by atoms with E-state index in [0.29, 0.717) is 22.4 Å². The van der Waals surface area contributed by atoms with Crippen LogP contribution < -0.4 is 15.6 Å². The molecule has 2 aliphatic heterocycles. The maximum absolute atomic E-state index is 6.39. The number of fused-ring (bicyclic) bond motifs is 4. The van der Waals surface area contributed by atoms with Crippen LogP contribution in [-0.4, -0.2) is 41.6 Å². The predicted molar refractivity (Wildman–Crippen MR) is 110 cm³/mol. The van der Waals surface area contributed by atoms with E-state index >= 15 is 0 Å². The number of rotatable bonds is 2. The van der Waals surface area contributed by atoms with Gasteiger partial charge in [0, 0.05) is 36.7 Å². The Morgan fingerprint density at radius 1 is 1.20 bits per heavy atom. The largest absolute Gasteiger partial charge is 0.457 e. The smallest absolute Gasteiger partial charge is 0.224 e. The summed E-state index contributed by atoms with van der Waals surface area (Å²) in [4.78, 5) is 9.41. The number of hydrogen-bond donors (Lipinski definition) is 2. The van der Waals surface area contributed by atoms with Gasteiger partial charge in [-0.1, -0.05) is 23.7 Å². The van der Waals surface area contributed by atoms with Crippen LogP contribution >= 0.6 is 11.6 Å². The average molecular weight is 423 g/mol. The fraction of sp³-hybridized carbons (Fsp3) is 0.300. The van der Waals surface area contributed by atoms with E-state index in [9.17, 15) is 0 Å². The number of hydrogen-bond acceptors (Lipinski definition) is 7. The lowest BCUT2D eigenvalue weighted by molar-refractivity contribution is 0.0969. The lowest BCUT2D eigenvalue weighted by Crippen LogP contribution is -2.42. The molecule has 9 nitrogen and oxygen atoms in total. The number of halogens is 1. The summed E-state index contributed by atoms with van der Waals surface area (Å²) in [6.07, 6.45) is 5.38.